The second-order valence-electron chi connectivity index (χ2n) is 8.15. The van der Waals surface area contributed by atoms with Gasteiger partial charge in [0, 0.05) is 5.41 Å². The SMILES string of the molecule is CC.CCC12C[C@@H](O)[C@@H]3C4CCCC=C4CCC3[C@@H]1CCC2O. The van der Waals surface area contributed by atoms with Gasteiger partial charge in [0.25, 0.3) is 0 Å². The zero-order valence-electron chi connectivity index (χ0n) is 15.3. The van der Waals surface area contributed by atoms with Crippen molar-refractivity contribution in [2.24, 2.45) is 29.1 Å². The molecular formula is C21H36O2. The molecule has 7 atom stereocenters. The van der Waals surface area contributed by atoms with Gasteiger partial charge in [-0.1, -0.05) is 32.4 Å². The van der Waals surface area contributed by atoms with Crippen molar-refractivity contribution >= 4 is 0 Å². The Morgan fingerprint density at radius 2 is 1.91 bits per heavy atom. The second-order valence-corrected chi connectivity index (χ2v) is 8.15. The summed E-state index contributed by atoms with van der Waals surface area (Å²) in [5.41, 5.74) is 1.68. The number of allylic oxidation sites excluding steroid dienone is 2. The summed E-state index contributed by atoms with van der Waals surface area (Å²) in [5, 5.41) is 21.6. The van der Waals surface area contributed by atoms with Gasteiger partial charge < -0.3 is 10.2 Å². The van der Waals surface area contributed by atoms with Crippen LogP contribution in [-0.2, 0) is 0 Å². The van der Waals surface area contributed by atoms with Crippen LogP contribution in [0, 0.1) is 29.1 Å². The Kier molecular flexibility index (Phi) is 5.23. The van der Waals surface area contributed by atoms with E-state index >= 15 is 0 Å². The van der Waals surface area contributed by atoms with Crippen LogP contribution in [0.15, 0.2) is 11.6 Å². The number of hydrogen-bond acceptors (Lipinski definition) is 2. The zero-order chi connectivity index (χ0) is 16.6. The largest absolute Gasteiger partial charge is 0.393 e. The highest BCUT2D eigenvalue weighted by atomic mass is 16.3. The van der Waals surface area contributed by atoms with E-state index < -0.39 is 0 Å². The first-order valence-corrected chi connectivity index (χ1v) is 10.2. The first-order valence-electron chi connectivity index (χ1n) is 10.2. The quantitative estimate of drug-likeness (QED) is 0.688. The summed E-state index contributed by atoms with van der Waals surface area (Å²) < 4.78 is 0. The molecule has 2 nitrogen and oxygen atoms in total. The van der Waals surface area contributed by atoms with Crippen LogP contribution in [-0.4, -0.2) is 22.4 Å². The van der Waals surface area contributed by atoms with E-state index in [4.69, 9.17) is 0 Å². The van der Waals surface area contributed by atoms with Gasteiger partial charge in [0.15, 0.2) is 0 Å². The average molecular weight is 321 g/mol. The molecule has 0 aromatic heterocycles. The normalized spacial score (nSPS) is 48.3. The maximum atomic E-state index is 11.0. The van der Waals surface area contributed by atoms with Crippen molar-refractivity contribution in [3.05, 3.63) is 11.6 Å². The molecule has 132 valence electrons. The fraction of sp³-hybridized carbons (Fsp3) is 0.905. The van der Waals surface area contributed by atoms with E-state index in [-0.39, 0.29) is 17.6 Å². The van der Waals surface area contributed by atoms with Gasteiger partial charge in [-0.05, 0) is 81.5 Å². The Hall–Kier alpha value is -0.340. The Balaban J connectivity index is 0.000000753. The summed E-state index contributed by atoms with van der Waals surface area (Å²) in [5.74, 6) is 2.46. The van der Waals surface area contributed by atoms with E-state index in [0.29, 0.717) is 23.7 Å². The monoisotopic (exact) mass is 320 g/mol. The maximum absolute atomic E-state index is 11.0. The smallest absolute Gasteiger partial charge is 0.0600 e. The van der Waals surface area contributed by atoms with Crippen LogP contribution in [0.5, 0.6) is 0 Å². The molecule has 0 saturated heterocycles. The minimum absolute atomic E-state index is 0.0243. The third-order valence-corrected chi connectivity index (χ3v) is 7.69. The lowest BCUT2D eigenvalue weighted by molar-refractivity contribution is -0.129. The lowest BCUT2D eigenvalue weighted by Crippen LogP contribution is -2.54. The standard InChI is InChI=1S/C19H30O2.C2H6/c1-2-19-11-16(20)18-13-6-4-3-5-12(13)7-8-14(18)15(19)9-10-17(19)21;1-2/h5,13-18,20-21H,2-4,6-11H2,1H3;1-2H3/t13?,14?,15-,16+,17?,18+,19?;/m0./s1. The van der Waals surface area contributed by atoms with Gasteiger partial charge in [-0.15, -0.1) is 0 Å². The topological polar surface area (TPSA) is 40.5 Å². The number of hydrogen-bond donors (Lipinski definition) is 2. The molecule has 4 aliphatic rings. The Morgan fingerprint density at radius 3 is 2.65 bits per heavy atom. The second kappa shape index (κ2) is 6.88. The van der Waals surface area contributed by atoms with E-state index in [1.165, 1.54) is 38.5 Å². The Bertz CT molecular complexity index is 443. The van der Waals surface area contributed by atoms with Crippen molar-refractivity contribution in [3.63, 3.8) is 0 Å². The van der Waals surface area contributed by atoms with Gasteiger partial charge in [-0.25, -0.2) is 0 Å². The molecule has 0 bridgehead atoms. The number of aliphatic hydroxyl groups excluding tert-OH is 2. The van der Waals surface area contributed by atoms with Gasteiger partial charge in [0.05, 0.1) is 12.2 Å². The zero-order valence-corrected chi connectivity index (χ0v) is 15.3. The summed E-state index contributed by atoms with van der Waals surface area (Å²) in [7, 11) is 0. The molecule has 4 rings (SSSR count). The van der Waals surface area contributed by atoms with Crippen molar-refractivity contribution in [2.75, 3.05) is 0 Å². The fourth-order valence-corrected chi connectivity index (χ4v) is 6.79. The number of rotatable bonds is 1. The number of fused-ring (bicyclic) bond motifs is 5. The molecule has 0 aromatic rings. The predicted molar refractivity (Wildman–Crippen MR) is 95.1 cm³/mol. The number of aliphatic hydroxyl groups is 2. The molecule has 0 heterocycles. The minimum atomic E-state index is -0.189. The molecule has 0 radical (unpaired) electrons. The van der Waals surface area contributed by atoms with Crippen LogP contribution >= 0.6 is 0 Å². The molecule has 3 fully saturated rings. The minimum Gasteiger partial charge on any atom is -0.393 e. The van der Waals surface area contributed by atoms with Crippen LogP contribution in [0.25, 0.3) is 0 Å². The molecule has 23 heavy (non-hydrogen) atoms. The highest BCUT2D eigenvalue weighted by Gasteiger charge is 2.59. The first kappa shape index (κ1) is 17.5. The van der Waals surface area contributed by atoms with Crippen molar-refractivity contribution in [3.8, 4) is 0 Å². The third kappa shape index (κ3) is 2.61. The summed E-state index contributed by atoms with van der Waals surface area (Å²) in [6, 6.07) is 0. The average Bonchev–Trinajstić information content (AvgIpc) is 2.93. The summed E-state index contributed by atoms with van der Waals surface area (Å²) in [4.78, 5) is 0. The Labute approximate surface area is 142 Å². The van der Waals surface area contributed by atoms with Gasteiger partial charge >= 0.3 is 0 Å². The third-order valence-electron chi connectivity index (χ3n) is 7.69. The summed E-state index contributed by atoms with van der Waals surface area (Å²) in [6.45, 7) is 6.23. The van der Waals surface area contributed by atoms with Crippen LogP contribution < -0.4 is 0 Å². The maximum Gasteiger partial charge on any atom is 0.0600 e. The highest BCUT2D eigenvalue weighted by Crippen LogP contribution is 2.63. The van der Waals surface area contributed by atoms with E-state index in [0.717, 1.165) is 19.3 Å². The molecular weight excluding hydrogens is 284 g/mol. The van der Waals surface area contributed by atoms with Crippen molar-refractivity contribution in [1.82, 2.24) is 0 Å². The summed E-state index contributed by atoms with van der Waals surface area (Å²) in [6.07, 6.45) is 12.5. The molecule has 2 N–H and O–H groups in total. The van der Waals surface area contributed by atoms with E-state index in [1.54, 1.807) is 5.57 Å². The first-order chi connectivity index (χ1) is 11.2. The van der Waals surface area contributed by atoms with Crippen LogP contribution in [0.2, 0.25) is 0 Å². The molecule has 2 heteroatoms. The van der Waals surface area contributed by atoms with Gasteiger partial charge in [-0.3, -0.25) is 0 Å². The van der Waals surface area contributed by atoms with Crippen LogP contribution in [0.3, 0.4) is 0 Å². The summed E-state index contributed by atoms with van der Waals surface area (Å²) >= 11 is 0. The molecule has 0 spiro atoms. The highest BCUT2D eigenvalue weighted by molar-refractivity contribution is 5.20. The van der Waals surface area contributed by atoms with E-state index in [2.05, 4.69) is 13.0 Å². The van der Waals surface area contributed by atoms with Crippen molar-refractivity contribution < 1.29 is 10.2 Å². The van der Waals surface area contributed by atoms with Crippen LogP contribution in [0.1, 0.15) is 78.6 Å². The molecule has 0 aliphatic heterocycles. The molecule has 0 aromatic carbocycles. The molecule has 0 amide bonds. The molecule has 3 saturated carbocycles. The lowest BCUT2D eigenvalue weighted by atomic mass is 9.50. The Morgan fingerprint density at radius 1 is 1.13 bits per heavy atom. The molecule has 4 unspecified atom stereocenters. The van der Waals surface area contributed by atoms with Crippen molar-refractivity contribution in [1.29, 1.82) is 0 Å². The van der Waals surface area contributed by atoms with Gasteiger partial charge in [0.2, 0.25) is 0 Å². The lowest BCUT2D eigenvalue weighted by Gasteiger charge is -2.56. The molecule has 4 aliphatic carbocycles. The fourth-order valence-electron chi connectivity index (χ4n) is 6.79. The van der Waals surface area contributed by atoms with Crippen molar-refractivity contribution in [2.45, 2.75) is 90.8 Å². The van der Waals surface area contributed by atoms with Crippen LogP contribution in [0.4, 0.5) is 0 Å². The predicted octanol–water partition coefficient (Wildman–Crippen LogP) is 4.70. The van der Waals surface area contributed by atoms with Gasteiger partial charge in [0.1, 0.15) is 0 Å². The van der Waals surface area contributed by atoms with E-state index in [1.807, 2.05) is 13.8 Å². The van der Waals surface area contributed by atoms with E-state index in [9.17, 15) is 10.2 Å². The van der Waals surface area contributed by atoms with Gasteiger partial charge in [-0.2, -0.15) is 0 Å².